The lowest BCUT2D eigenvalue weighted by Crippen LogP contribution is -2.47. The molecule has 3 nitrogen and oxygen atoms in total. The van der Waals surface area contributed by atoms with E-state index < -0.39 is 18.3 Å². The standard InChI is InChI=1S/C13H14F4N2O/c14-11(15)13(16,17)12(20)19-7-8(5-6-18)9-3-1-2-4-10(9)19/h1-4,8,11H,5-7,18H2. The van der Waals surface area contributed by atoms with Gasteiger partial charge in [0, 0.05) is 18.2 Å². The highest BCUT2D eigenvalue weighted by molar-refractivity contribution is 6.00. The molecule has 110 valence electrons. The molecule has 0 aliphatic carbocycles. The van der Waals surface area contributed by atoms with Crippen molar-refractivity contribution in [2.24, 2.45) is 5.73 Å². The molecule has 1 aliphatic rings. The Bertz CT molecular complexity index is 507. The van der Waals surface area contributed by atoms with Crippen LogP contribution in [0.1, 0.15) is 17.9 Å². The van der Waals surface area contributed by atoms with Gasteiger partial charge >= 0.3 is 18.3 Å². The molecule has 0 radical (unpaired) electrons. The van der Waals surface area contributed by atoms with E-state index in [0.29, 0.717) is 18.5 Å². The number of alkyl halides is 4. The highest BCUT2D eigenvalue weighted by Gasteiger charge is 2.53. The second-order valence-electron chi connectivity index (χ2n) is 4.67. The van der Waals surface area contributed by atoms with Gasteiger partial charge in [-0.1, -0.05) is 18.2 Å². The lowest BCUT2D eigenvalue weighted by atomic mass is 9.98. The molecule has 1 aromatic rings. The van der Waals surface area contributed by atoms with Crippen molar-refractivity contribution in [2.45, 2.75) is 24.7 Å². The van der Waals surface area contributed by atoms with Gasteiger partial charge in [-0.05, 0) is 24.6 Å². The summed E-state index contributed by atoms with van der Waals surface area (Å²) in [6.07, 6.45) is -3.52. The number of nitrogens with two attached hydrogens (primary N) is 1. The number of benzene rings is 1. The van der Waals surface area contributed by atoms with Gasteiger partial charge in [0.15, 0.2) is 0 Å². The molecule has 1 unspecified atom stereocenters. The average Bonchev–Trinajstić information content (AvgIpc) is 2.77. The molecule has 1 heterocycles. The second-order valence-corrected chi connectivity index (χ2v) is 4.67. The van der Waals surface area contributed by atoms with Crippen molar-refractivity contribution in [3.63, 3.8) is 0 Å². The fourth-order valence-electron chi connectivity index (χ4n) is 2.41. The van der Waals surface area contributed by atoms with Crippen molar-refractivity contribution >= 4 is 11.6 Å². The lowest BCUT2D eigenvalue weighted by Gasteiger charge is -2.23. The molecular weight excluding hydrogens is 276 g/mol. The number of hydrogen-bond donors (Lipinski definition) is 1. The Hall–Kier alpha value is -1.63. The number of carbonyl (C=O) groups is 1. The number of nitrogens with zero attached hydrogens (tertiary/aromatic N) is 1. The summed E-state index contributed by atoms with van der Waals surface area (Å²) in [4.78, 5) is 12.4. The third-order valence-corrected chi connectivity index (χ3v) is 3.39. The Labute approximate surface area is 113 Å². The van der Waals surface area contributed by atoms with Crippen molar-refractivity contribution < 1.29 is 22.4 Å². The zero-order valence-electron chi connectivity index (χ0n) is 10.5. The van der Waals surface area contributed by atoms with E-state index in [-0.39, 0.29) is 18.2 Å². The third-order valence-electron chi connectivity index (χ3n) is 3.39. The summed E-state index contributed by atoms with van der Waals surface area (Å²) in [5.41, 5.74) is 6.40. The Morgan fingerprint density at radius 3 is 2.65 bits per heavy atom. The Morgan fingerprint density at radius 1 is 1.40 bits per heavy atom. The molecule has 2 rings (SSSR count). The van der Waals surface area contributed by atoms with Crippen LogP contribution in [0.2, 0.25) is 0 Å². The summed E-state index contributed by atoms with van der Waals surface area (Å²) < 4.78 is 51.1. The molecule has 7 heteroatoms. The predicted octanol–water partition coefficient (Wildman–Crippen LogP) is 2.37. The molecule has 0 spiro atoms. The van der Waals surface area contributed by atoms with E-state index in [1.165, 1.54) is 6.07 Å². The van der Waals surface area contributed by atoms with Crippen LogP contribution in [-0.4, -0.2) is 31.3 Å². The second kappa shape index (κ2) is 5.40. The largest absolute Gasteiger partial charge is 0.384 e. The number of anilines is 1. The normalized spacial score (nSPS) is 18.5. The van der Waals surface area contributed by atoms with E-state index in [1.54, 1.807) is 18.2 Å². The molecule has 1 amide bonds. The first-order valence-corrected chi connectivity index (χ1v) is 6.16. The summed E-state index contributed by atoms with van der Waals surface area (Å²) in [5, 5.41) is 0. The fraction of sp³-hybridized carbons (Fsp3) is 0.462. The molecule has 0 saturated carbocycles. The van der Waals surface area contributed by atoms with Gasteiger partial charge < -0.3 is 10.6 Å². The molecule has 2 N–H and O–H groups in total. The van der Waals surface area contributed by atoms with Crippen LogP contribution in [0, 0.1) is 0 Å². The van der Waals surface area contributed by atoms with Gasteiger partial charge in [-0.3, -0.25) is 4.79 Å². The SMILES string of the molecule is NCCC1CN(C(=O)C(F)(F)C(F)F)c2ccccc21. The Morgan fingerprint density at radius 2 is 2.05 bits per heavy atom. The molecule has 1 aromatic carbocycles. The van der Waals surface area contributed by atoms with Gasteiger partial charge in [0.25, 0.3) is 0 Å². The Kier molecular flexibility index (Phi) is 3.99. The van der Waals surface area contributed by atoms with Gasteiger partial charge in [-0.2, -0.15) is 8.78 Å². The Balaban J connectivity index is 2.33. The maximum absolute atomic E-state index is 13.2. The van der Waals surface area contributed by atoms with E-state index in [1.807, 2.05) is 0 Å². The first-order chi connectivity index (χ1) is 9.39. The monoisotopic (exact) mass is 290 g/mol. The molecular formula is C13H14F4N2O. The van der Waals surface area contributed by atoms with Gasteiger partial charge in [-0.25, -0.2) is 8.78 Å². The minimum absolute atomic E-state index is 0.0440. The zero-order valence-corrected chi connectivity index (χ0v) is 10.5. The van der Waals surface area contributed by atoms with E-state index in [2.05, 4.69) is 0 Å². The van der Waals surface area contributed by atoms with Crippen LogP contribution in [-0.2, 0) is 4.79 Å². The number of amides is 1. The van der Waals surface area contributed by atoms with Crippen molar-refractivity contribution in [1.29, 1.82) is 0 Å². The highest BCUT2D eigenvalue weighted by Crippen LogP contribution is 2.40. The minimum atomic E-state index is -4.68. The molecule has 0 aromatic heterocycles. The van der Waals surface area contributed by atoms with Crippen LogP contribution in [0.4, 0.5) is 23.2 Å². The van der Waals surface area contributed by atoms with Crippen LogP contribution in [0.3, 0.4) is 0 Å². The average molecular weight is 290 g/mol. The number of fused-ring (bicyclic) bond motifs is 1. The smallest absolute Gasteiger partial charge is 0.330 e. The number of hydrogen-bond acceptors (Lipinski definition) is 2. The molecule has 0 saturated heterocycles. The molecule has 1 aliphatic heterocycles. The third kappa shape index (κ3) is 2.37. The molecule has 20 heavy (non-hydrogen) atoms. The van der Waals surface area contributed by atoms with Crippen molar-refractivity contribution in [1.82, 2.24) is 0 Å². The number of para-hydroxylation sites is 1. The van der Waals surface area contributed by atoms with Crippen LogP contribution < -0.4 is 10.6 Å². The summed E-state index contributed by atoms with van der Waals surface area (Å²) in [6.45, 7) is 0.282. The molecule has 1 atom stereocenters. The highest BCUT2D eigenvalue weighted by atomic mass is 19.3. The maximum atomic E-state index is 13.2. The molecule has 0 fully saturated rings. The molecule has 0 bridgehead atoms. The quantitative estimate of drug-likeness (QED) is 0.865. The number of rotatable bonds is 4. The van der Waals surface area contributed by atoms with E-state index in [9.17, 15) is 22.4 Å². The number of halogens is 4. The van der Waals surface area contributed by atoms with E-state index in [4.69, 9.17) is 5.73 Å². The fourth-order valence-corrected chi connectivity index (χ4v) is 2.41. The topological polar surface area (TPSA) is 46.3 Å². The lowest BCUT2D eigenvalue weighted by molar-refractivity contribution is -0.166. The van der Waals surface area contributed by atoms with Crippen LogP contribution in [0.25, 0.3) is 0 Å². The summed E-state index contributed by atoms with van der Waals surface area (Å²) in [7, 11) is 0. The van der Waals surface area contributed by atoms with Crippen LogP contribution in [0.5, 0.6) is 0 Å². The number of carbonyl (C=O) groups excluding carboxylic acids is 1. The minimum Gasteiger partial charge on any atom is -0.330 e. The van der Waals surface area contributed by atoms with Gasteiger partial charge in [-0.15, -0.1) is 0 Å². The van der Waals surface area contributed by atoms with Gasteiger partial charge in [0.2, 0.25) is 0 Å². The zero-order chi connectivity index (χ0) is 14.9. The predicted molar refractivity (Wildman–Crippen MR) is 66.2 cm³/mol. The van der Waals surface area contributed by atoms with Crippen molar-refractivity contribution in [3.05, 3.63) is 29.8 Å². The van der Waals surface area contributed by atoms with Crippen molar-refractivity contribution in [3.8, 4) is 0 Å². The van der Waals surface area contributed by atoms with Crippen molar-refractivity contribution in [2.75, 3.05) is 18.0 Å². The first kappa shape index (κ1) is 14.8. The first-order valence-electron chi connectivity index (χ1n) is 6.16. The maximum Gasteiger partial charge on any atom is 0.384 e. The summed E-state index contributed by atoms with van der Waals surface area (Å²) >= 11 is 0. The van der Waals surface area contributed by atoms with Crippen LogP contribution in [0.15, 0.2) is 24.3 Å². The summed E-state index contributed by atoms with van der Waals surface area (Å²) in [5.74, 6) is -6.74. The van der Waals surface area contributed by atoms with Gasteiger partial charge in [0.05, 0.1) is 0 Å². The summed E-state index contributed by atoms with van der Waals surface area (Å²) in [6, 6.07) is 6.46. The van der Waals surface area contributed by atoms with Crippen LogP contribution >= 0.6 is 0 Å². The van der Waals surface area contributed by atoms with E-state index in [0.717, 1.165) is 4.90 Å². The van der Waals surface area contributed by atoms with Gasteiger partial charge in [0.1, 0.15) is 0 Å². The van der Waals surface area contributed by atoms with E-state index >= 15 is 0 Å².